The van der Waals surface area contributed by atoms with Crippen molar-refractivity contribution in [3.8, 4) is 0 Å². The number of hydrazine groups is 1. The molecule has 2 heterocycles. The van der Waals surface area contributed by atoms with Gasteiger partial charge in [0.25, 0.3) is 0 Å². The van der Waals surface area contributed by atoms with Gasteiger partial charge in [-0.25, -0.2) is 5.84 Å². The molecule has 1 aromatic heterocycles. The van der Waals surface area contributed by atoms with Crippen molar-refractivity contribution >= 4 is 23.7 Å². The van der Waals surface area contributed by atoms with Gasteiger partial charge in [-0.3, -0.25) is 5.43 Å². The third-order valence-corrected chi connectivity index (χ3v) is 3.85. The van der Waals surface area contributed by atoms with Crippen LogP contribution in [-0.4, -0.2) is 41.3 Å². The van der Waals surface area contributed by atoms with Crippen LogP contribution in [0.2, 0.25) is 0 Å². The van der Waals surface area contributed by atoms with Gasteiger partial charge in [0.1, 0.15) is 0 Å². The normalized spacial score (nSPS) is 15.0. The third-order valence-electron chi connectivity index (χ3n) is 2.98. The maximum absolute atomic E-state index is 5.46. The molecule has 0 unspecified atom stereocenters. The summed E-state index contributed by atoms with van der Waals surface area (Å²) in [5, 5.41) is 0.616. The Morgan fingerprint density at radius 2 is 1.86 bits per heavy atom. The zero-order valence-corrected chi connectivity index (χ0v) is 12.2. The Bertz CT molecular complexity index is 590. The zero-order valence-electron chi connectivity index (χ0n) is 11.4. The van der Waals surface area contributed by atoms with Crippen LogP contribution in [0.25, 0.3) is 0 Å². The average Bonchev–Trinajstić information content (AvgIpc) is 2.56. The first kappa shape index (κ1) is 14.1. The first-order chi connectivity index (χ1) is 10.3. The van der Waals surface area contributed by atoms with Crippen LogP contribution >= 0.6 is 11.8 Å². The van der Waals surface area contributed by atoms with E-state index in [-0.39, 0.29) is 0 Å². The van der Waals surface area contributed by atoms with E-state index in [0.717, 1.165) is 18.0 Å². The fourth-order valence-electron chi connectivity index (χ4n) is 1.95. The molecule has 0 aliphatic carbocycles. The van der Waals surface area contributed by atoms with Gasteiger partial charge >= 0.3 is 0 Å². The van der Waals surface area contributed by atoms with Gasteiger partial charge in [0.05, 0.1) is 13.2 Å². The summed E-state index contributed by atoms with van der Waals surface area (Å²) in [6.45, 7) is 2.89. The average molecular weight is 304 g/mol. The van der Waals surface area contributed by atoms with Crippen LogP contribution in [-0.2, 0) is 4.74 Å². The van der Waals surface area contributed by atoms with E-state index in [4.69, 9.17) is 10.6 Å². The van der Waals surface area contributed by atoms with E-state index >= 15 is 0 Å². The predicted molar refractivity (Wildman–Crippen MR) is 81.2 cm³/mol. The summed E-state index contributed by atoms with van der Waals surface area (Å²) >= 11 is 1.48. The van der Waals surface area contributed by atoms with E-state index < -0.39 is 0 Å². The molecular formula is C13H16N6OS. The standard InChI is InChI=1S/C13H16N6OS/c14-18-11-15-12(19-6-8-20-9-7-19)17-13(16-11)21-10-4-2-1-3-5-10/h1-5H,6-9,14H2,(H,15,16,17,18). The second-order valence-corrected chi connectivity index (χ2v) is 5.44. The lowest BCUT2D eigenvalue weighted by Gasteiger charge is -2.26. The van der Waals surface area contributed by atoms with Crippen molar-refractivity contribution in [3.63, 3.8) is 0 Å². The Labute approximate surface area is 126 Å². The number of morpholine rings is 1. The van der Waals surface area contributed by atoms with Crippen LogP contribution in [0.4, 0.5) is 11.9 Å². The molecule has 0 saturated carbocycles. The van der Waals surface area contributed by atoms with Crippen molar-refractivity contribution in [2.75, 3.05) is 36.6 Å². The molecule has 7 nitrogen and oxygen atoms in total. The lowest BCUT2D eigenvalue weighted by Crippen LogP contribution is -2.37. The maximum Gasteiger partial charge on any atom is 0.242 e. The number of aromatic nitrogens is 3. The van der Waals surface area contributed by atoms with Gasteiger partial charge < -0.3 is 9.64 Å². The minimum atomic E-state index is 0.366. The highest BCUT2D eigenvalue weighted by Gasteiger charge is 2.16. The number of hydrogen-bond donors (Lipinski definition) is 2. The van der Waals surface area contributed by atoms with Crippen LogP contribution in [0.15, 0.2) is 40.4 Å². The molecular weight excluding hydrogens is 288 g/mol. The van der Waals surface area contributed by atoms with E-state index in [0.29, 0.717) is 30.3 Å². The Balaban J connectivity index is 1.85. The van der Waals surface area contributed by atoms with E-state index in [1.165, 1.54) is 11.8 Å². The second-order valence-electron chi connectivity index (χ2n) is 4.40. The van der Waals surface area contributed by atoms with E-state index in [1.54, 1.807) is 0 Å². The molecule has 3 rings (SSSR count). The summed E-state index contributed by atoms with van der Waals surface area (Å²) in [7, 11) is 0. The molecule has 110 valence electrons. The molecule has 0 atom stereocenters. The van der Waals surface area contributed by atoms with Crippen LogP contribution in [0.5, 0.6) is 0 Å². The summed E-state index contributed by atoms with van der Waals surface area (Å²) in [4.78, 5) is 16.3. The van der Waals surface area contributed by atoms with Crippen LogP contribution < -0.4 is 16.2 Å². The lowest BCUT2D eigenvalue weighted by atomic mass is 10.4. The molecule has 2 aromatic rings. The van der Waals surface area contributed by atoms with E-state index in [2.05, 4.69) is 25.3 Å². The lowest BCUT2D eigenvalue weighted by molar-refractivity contribution is 0.122. The van der Waals surface area contributed by atoms with E-state index in [1.807, 2.05) is 30.3 Å². The quantitative estimate of drug-likeness (QED) is 0.642. The smallest absolute Gasteiger partial charge is 0.242 e. The molecule has 0 radical (unpaired) electrons. The Kier molecular flexibility index (Phi) is 4.49. The number of hydrogen-bond acceptors (Lipinski definition) is 8. The number of nitrogens with two attached hydrogens (primary N) is 1. The van der Waals surface area contributed by atoms with Gasteiger partial charge in [0, 0.05) is 18.0 Å². The first-order valence-electron chi connectivity index (χ1n) is 6.63. The number of anilines is 2. The Morgan fingerprint density at radius 1 is 1.10 bits per heavy atom. The van der Waals surface area contributed by atoms with Crippen molar-refractivity contribution in [2.24, 2.45) is 5.84 Å². The SMILES string of the molecule is NNc1nc(Sc2ccccc2)nc(N2CCOCC2)n1. The summed E-state index contributed by atoms with van der Waals surface area (Å²) in [5.41, 5.74) is 2.50. The minimum Gasteiger partial charge on any atom is -0.378 e. The van der Waals surface area contributed by atoms with Gasteiger partial charge in [0.15, 0.2) is 5.16 Å². The van der Waals surface area contributed by atoms with Crippen molar-refractivity contribution in [2.45, 2.75) is 10.1 Å². The largest absolute Gasteiger partial charge is 0.378 e. The number of nitrogens with one attached hydrogen (secondary N) is 1. The Hall–Kier alpha value is -1.90. The minimum absolute atomic E-state index is 0.366. The molecule has 1 fully saturated rings. The van der Waals surface area contributed by atoms with Gasteiger partial charge in [-0.2, -0.15) is 15.0 Å². The van der Waals surface area contributed by atoms with Crippen LogP contribution in [0.1, 0.15) is 0 Å². The molecule has 1 aliphatic rings. The second kappa shape index (κ2) is 6.70. The molecule has 21 heavy (non-hydrogen) atoms. The zero-order chi connectivity index (χ0) is 14.5. The predicted octanol–water partition coefficient (Wildman–Crippen LogP) is 1.15. The summed E-state index contributed by atoms with van der Waals surface area (Å²) in [6, 6.07) is 9.96. The molecule has 1 aliphatic heterocycles. The van der Waals surface area contributed by atoms with Crippen LogP contribution in [0, 0.1) is 0 Å². The summed E-state index contributed by atoms with van der Waals surface area (Å²) in [5.74, 6) is 6.45. The first-order valence-corrected chi connectivity index (χ1v) is 7.45. The molecule has 0 amide bonds. The fourth-order valence-corrected chi connectivity index (χ4v) is 2.72. The van der Waals surface area contributed by atoms with Crippen molar-refractivity contribution in [3.05, 3.63) is 30.3 Å². The summed E-state index contributed by atoms with van der Waals surface area (Å²) < 4.78 is 5.35. The number of benzene rings is 1. The highest BCUT2D eigenvalue weighted by atomic mass is 32.2. The third kappa shape index (κ3) is 3.60. The Morgan fingerprint density at radius 3 is 2.57 bits per heavy atom. The van der Waals surface area contributed by atoms with Crippen molar-refractivity contribution in [1.29, 1.82) is 0 Å². The molecule has 1 saturated heterocycles. The highest BCUT2D eigenvalue weighted by molar-refractivity contribution is 7.99. The van der Waals surface area contributed by atoms with Gasteiger partial charge in [0.2, 0.25) is 11.9 Å². The topological polar surface area (TPSA) is 89.2 Å². The fraction of sp³-hybridized carbons (Fsp3) is 0.308. The maximum atomic E-state index is 5.46. The summed E-state index contributed by atoms with van der Waals surface area (Å²) in [6.07, 6.45) is 0. The van der Waals surface area contributed by atoms with Gasteiger partial charge in [-0.05, 0) is 23.9 Å². The molecule has 0 bridgehead atoms. The molecule has 1 aromatic carbocycles. The van der Waals surface area contributed by atoms with E-state index in [9.17, 15) is 0 Å². The molecule has 3 N–H and O–H groups in total. The molecule has 0 spiro atoms. The number of rotatable bonds is 4. The monoisotopic (exact) mass is 304 g/mol. The number of ether oxygens (including phenoxy) is 1. The molecule has 8 heteroatoms. The highest BCUT2D eigenvalue weighted by Crippen LogP contribution is 2.26. The van der Waals surface area contributed by atoms with Crippen molar-refractivity contribution < 1.29 is 4.74 Å². The number of nitrogen functional groups attached to an aromatic ring is 1. The number of nitrogens with zero attached hydrogens (tertiary/aromatic N) is 4. The van der Waals surface area contributed by atoms with Crippen molar-refractivity contribution in [1.82, 2.24) is 15.0 Å². The van der Waals surface area contributed by atoms with Crippen LogP contribution in [0.3, 0.4) is 0 Å². The van der Waals surface area contributed by atoms with Gasteiger partial charge in [-0.15, -0.1) is 0 Å². The van der Waals surface area contributed by atoms with Gasteiger partial charge in [-0.1, -0.05) is 18.2 Å².